The lowest BCUT2D eigenvalue weighted by atomic mass is 9.84. The molecule has 1 aliphatic rings. The molecular formula is C16H22N2S. The number of hydrogen-bond acceptors (Lipinski definition) is 3. The fraction of sp³-hybridized carbons (Fsp3) is 0.562. The van der Waals surface area contributed by atoms with Crippen LogP contribution in [0.15, 0.2) is 24.3 Å². The fourth-order valence-corrected chi connectivity index (χ4v) is 4.29. The number of nitrogens with one attached hydrogen (secondary N) is 1. The fourth-order valence-electron chi connectivity index (χ4n) is 3.20. The van der Waals surface area contributed by atoms with Crippen molar-refractivity contribution in [1.82, 2.24) is 10.3 Å². The molecule has 102 valence electrons. The summed E-state index contributed by atoms with van der Waals surface area (Å²) in [7, 11) is 0. The van der Waals surface area contributed by atoms with E-state index in [1.54, 1.807) is 0 Å². The van der Waals surface area contributed by atoms with Gasteiger partial charge >= 0.3 is 0 Å². The molecule has 2 atom stereocenters. The third-order valence-electron chi connectivity index (χ3n) is 4.08. The van der Waals surface area contributed by atoms with Gasteiger partial charge in [-0.25, -0.2) is 4.98 Å². The van der Waals surface area contributed by atoms with Crippen molar-refractivity contribution < 1.29 is 0 Å². The van der Waals surface area contributed by atoms with Crippen molar-refractivity contribution in [2.45, 2.75) is 45.1 Å². The van der Waals surface area contributed by atoms with Crippen LogP contribution in [0, 0.1) is 5.92 Å². The van der Waals surface area contributed by atoms with Gasteiger partial charge < -0.3 is 5.32 Å². The second-order valence-electron chi connectivity index (χ2n) is 5.57. The minimum atomic E-state index is 0.734. The summed E-state index contributed by atoms with van der Waals surface area (Å²) in [6.07, 6.45) is 6.58. The molecule has 0 radical (unpaired) electrons. The molecule has 3 heteroatoms. The third-order valence-corrected chi connectivity index (χ3v) is 5.14. The summed E-state index contributed by atoms with van der Waals surface area (Å²) in [6, 6.07) is 9.22. The van der Waals surface area contributed by atoms with Crippen molar-refractivity contribution in [3.8, 4) is 0 Å². The molecule has 1 aromatic carbocycles. The Hall–Kier alpha value is -0.930. The summed E-state index contributed by atoms with van der Waals surface area (Å²) in [5.41, 5.74) is 1.17. The van der Waals surface area contributed by atoms with E-state index in [4.69, 9.17) is 4.98 Å². The van der Waals surface area contributed by atoms with Crippen LogP contribution in [0.3, 0.4) is 0 Å². The van der Waals surface area contributed by atoms with Crippen LogP contribution in [0.2, 0.25) is 0 Å². The zero-order chi connectivity index (χ0) is 13.1. The van der Waals surface area contributed by atoms with Gasteiger partial charge in [0.2, 0.25) is 0 Å². The molecular weight excluding hydrogens is 252 g/mol. The Morgan fingerprint density at radius 2 is 2.21 bits per heavy atom. The number of hydrogen-bond donors (Lipinski definition) is 1. The van der Waals surface area contributed by atoms with Crippen molar-refractivity contribution in [1.29, 1.82) is 0 Å². The number of thiazole rings is 1. The smallest absolute Gasteiger partial charge is 0.0941 e. The molecule has 19 heavy (non-hydrogen) atoms. The van der Waals surface area contributed by atoms with Gasteiger partial charge in [0.1, 0.15) is 0 Å². The van der Waals surface area contributed by atoms with E-state index in [2.05, 4.69) is 36.5 Å². The van der Waals surface area contributed by atoms with Gasteiger partial charge in [-0.2, -0.15) is 0 Å². The van der Waals surface area contributed by atoms with Crippen LogP contribution in [-0.4, -0.2) is 17.6 Å². The van der Waals surface area contributed by atoms with Gasteiger partial charge in [0, 0.05) is 12.5 Å². The Labute approximate surface area is 119 Å². The molecule has 0 spiro atoms. The highest BCUT2D eigenvalue weighted by atomic mass is 32.1. The van der Waals surface area contributed by atoms with Crippen molar-refractivity contribution in [2.24, 2.45) is 5.92 Å². The SMILES string of the molecule is CCNC1CCCC(Cc2nc3ccccc3s2)C1. The van der Waals surface area contributed by atoms with E-state index >= 15 is 0 Å². The summed E-state index contributed by atoms with van der Waals surface area (Å²) in [6.45, 7) is 3.30. The van der Waals surface area contributed by atoms with Crippen molar-refractivity contribution in [3.63, 3.8) is 0 Å². The number of rotatable bonds is 4. The summed E-state index contributed by atoms with van der Waals surface area (Å²) in [5, 5.41) is 4.93. The largest absolute Gasteiger partial charge is 0.314 e. The van der Waals surface area contributed by atoms with Crippen LogP contribution in [0.5, 0.6) is 0 Å². The van der Waals surface area contributed by atoms with E-state index in [9.17, 15) is 0 Å². The Bertz CT molecular complexity index is 499. The number of benzene rings is 1. The van der Waals surface area contributed by atoms with Gasteiger partial charge in [-0.15, -0.1) is 11.3 Å². The number of para-hydroxylation sites is 1. The van der Waals surface area contributed by atoms with E-state index in [1.807, 2.05) is 11.3 Å². The van der Waals surface area contributed by atoms with Gasteiger partial charge in [-0.1, -0.05) is 25.5 Å². The highest BCUT2D eigenvalue weighted by Crippen LogP contribution is 2.30. The molecule has 0 amide bonds. The number of nitrogens with zero attached hydrogens (tertiary/aromatic N) is 1. The maximum Gasteiger partial charge on any atom is 0.0941 e. The monoisotopic (exact) mass is 274 g/mol. The van der Waals surface area contributed by atoms with Gasteiger partial charge in [0.15, 0.2) is 0 Å². The standard InChI is InChI=1S/C16H22N2S/c1-2-17-13-7-5-6-12(10-13)11-16-18-14-8-3-4-9-15(14)19-16/h3-4,8-9,12-13,17H,2,5-7,10-11H2,1H3. The van der Waals surface area contributed by atoms with Crippen LogP contribution in [0.25, 0.3) is 10.2 Å². The van der Waals surface area contributed by atoms with E-state index in [1.165, 1.54) is 47.3 Å². The average Bonchev–Trinajstić information content (AvgIpc) is 2.81. The molecule has 0 saturated heterocycles. The van der Waals surface area contributed by atoms with Crippen molar-refractivity contribution >= 4 is 21.6 Å². The molecule has 1 fully saturated rings. The first-order valence-corrected chi connectivity index (χ1v) is 8.24. The lowest BCUT2D eigenvalue weighted by molar-refractivity contribution is 0.287. The molecule has 2 nitrogen and oxygen atoms in total. The number of aromatic nitrogens is 1. The van der Waals surface area contributed by atoms with Crippen LogP contribution >= 0.6 is 11.3 Å². The minimum Gasteiger partial charge on any atom is -0.314 e. The zero-order valence-corrected chi connectivity index (χ0v) is 12.4. The van der Waals surface area contributed by atoms with Crippen LogP contribution in [0.4, 0.5) is 0 Å². The second kappa shape index (κ2) is 6.02. The highest BCUT2D eigenvalue weighted by Gasteiger charge is 2.22. The molecule has 0 bridgehead atoms. The molecule has 1 saturated carbocycles. The normalized spacial score (nSPS) is 23.8. The molecule has 1 N–H and O–H groups in total. The van der Waals surface area contributed by atoms with Crippen LogP contribution in [-0.2, 0) is 6.42 Å². The van der Waals surface area contributed by atoms with Gasteiger partial charge in [0.25, 0.3) is 0 Å². The van der Waals surface area contributed by atoms with Crippen LogP contribution < -0.4 is 5.32 Å². The molecule has 1 aromatic heterocycles. The van der Waals surface area contributed by atoms with E-state index in [-0.39, 0.29) is 0 Å². The first kappa shape index (κ1) is 13.1. The Morgan fingerprint density at radius 1 is 1.32 bits per heavy atom. The highest BCUT2D eigenvalue weighted by molar-refractivity contribution is 7.18. The van der Waals surface area contributed by atoms with E-state index in [0.717, 1.165) is 18.5 Å². The molecule has 1 heterocycles. The molecule has 2 unspecified atom stereocenters. The molecule has 2 aromatic rings. The van der Waals surface area contributed by atoms with Gasteiger partial charge in [0.05, 0.1) is 15.2 Å². The molecule has 0 aliphatic heterocycles. The third kappa shape index (κ3) is 3.15. The van der Waals surface area contributed by atoms with Crippen molar-refractivity contribution in [2.75, 3.05) is 6.54 Å². The topological polar surface area (TPSA) is 24.9 Å². The van der Waals surface area contributed by atoms with E-state index < -0.39 is 0 Å². The maximum absolute atomic E-state index is 4.78. The summed E-state index contributed by atoms with van der Waals surface area (Å²) < 4.78 is 1.33. The first-order chi connectivity index (χ1) is 9.35. The van der Waals surface area contributed by atoms with Crippen LogP contribution in [0.1, 0.15) is 37.6 Å². The molecule has 3 rings (SSSR count). The predicted octanol–water partition coefficient (Wildman–Crippen LogP) is 4.01. The van der Waals surface area contributed by atoms with Gasteiger partial charge in [-0.3, -0.25) is 0 Å². The predicted molar refractivity (Wildman–Crippen MR) is 82.7 cm³/mol. The maximum atomic E-state index is 4.78. The average molecular weight is 274 g/mol. The van der Waals surface area contributed by atoms with Gasteiger partial charge in [-0.05, 0) is 43.9 Å². The first-order valence-electron chi connectivity index (χ1n) is 7.43. The summed E-state index contributed by atoms with van der Waals surface area (Å²) in [4.78, 5) is 4.78. The molecule has 1 aliphatic carbocycles. The number of fused-ring (bicyclic) bond motifs is 1. The Kier molecular flexibility index (Phi) is 4.14. The zero-order valence-electron chi connectivity index (χ0n) is 11.6. The van der Waals surface area contributed by atoms with E-state index in [0.29, 0.717) is 0 Å². The Morgan fingerprint density at radius 3 is 3.05 bits per heavy atom. The van der Waals surface area contributed by atoms with Crippen molar-refractivity contribution in [3.05, 3.63) is 29.3 Å². The summed E-state index contributed by atoms with van der Waals surface area (Å²) >= 11 is 1.87. The quantitative estimate of drug-likeness (QED) is 0.911. The Balaban J connectivity index is 1.67. The lowest BCUT2D eigenvalue weighted by Gasteiger charge is -2.29. The second-order valence-corrected chi connectivity index (χ2v) is 6.68. The lowest BCUT2D eigenvalue weighted by Crippen LogP contribution is -2.34. The summed E-state index contributed by atoms with van der Waals surface area (Å²) in [5.74, 6) is 0.818. The minimum absolute atomic E-state index is 0.734.